The molecule has 10 heteroatoms. The summed E-state index contributed by atoms with van der Waals surface area (Å²) in [5, 5.41) is 0.186. The number of hydrogen-bond donors (Lipinski definition) is 0. The maximum Gasteiger partial charge on any atom is 0.308 e. The molecule has 0 aromatic carbocycles. The molecule has 0 aliphatic carbocycles. The Kier molecular flexibility index (Phi) is 4.67. The third kappa shape index (κ3) is 3.40. The first-order chi connectivity index (χ1) is 11.0. The van der Waals surface area contributed by atoms with Crippen molar-refractivity contribution >= 4 is 40.3 Å². The van der Waals surface area contributed by atoms with Gasteiger partial charge in [0.1, 0.15) is 12.1 Å². The molecule has 0 amide bonds. The van der Waals surface area contributed by atoms with Crippen LogP contribution in [0, 0.1) is 5.92 Å². The van der Waals surface area contributed by atoms with E-state index in [2.05, 4.69) is 15.0 Å². The van der Waals surface area contributed by atoms with Gasteiger partial charge in [0.05, 0.1) is 18.9 Å². The molecule has 0 spiro atoms. The molecule has 3 heterocycles. The van der Waals surface area contributed by atoms with Crippen LogP contribution in [0.5, 0.6) is 0 Å². The van der Waals surface area contributed by atoms with Crippen LogP contribution in [0.15, 0.2) is 6.33 Å². The summed E-state index contributed by atoms with van der Waals surface area (Å²) < 4.78 is 17.9. The lowest BCUT2D eigenvalue weighted by atomic mass is 10.2. The standard InChI is InChI=1S/C13H14Cl2N4O4/c1-6(2)12(20)22-4-8-21-3-7(23-8)19-5-16-9-10(14)17-13(15)18-11(9)19/h5-8H,3-4H2,1-2H3/t7-,8-/m1/s1. The third-order valence-corrected chi connectivity index (χ3v) is 3.66. The smallest absolute Gasteiger partial charge is 0.308 e. The molecule has 2 aromatic rings. The van der Waals surface area contributed by atoms with Gasteiger partial charge in [-0.3, -0.25) is 9.36 Å². The van der Waals surface area contributed by atoms with E-state index in [-0.39, 0.29) is 35.5 Å². The van der Waals surface area contributed by atoms with E-state index < -0.39 is 12.5 Å². The van der Waals surface area contributed by atoms with Crippen molar-refractivity contribution in [2.45, 2.75) is 26.4 Å². The highest BCUT2D eigenvalue weighted by atomic mass is 35.5. The molecule has 1 aliphatic rings. The molecule has 0 radical (unpaired) electrons. The number of hydrogen-bond acceptors (Lipinski definition) is 7. The Labute approximate surface area is 141 Å². The predicted molar refractivity (Wildman–Crippen MR) is 81.0 cm³/mol. The lowest BCUT2D eigenvalue weighted by molar-refractivity contribution is -0.162. The van der Waals surface area contributed by atoms with Gasteiger partial charge in [0, 0.05) is 0 Å². The van der Waals surface area contributed by atoms with Gasteiger partial charge >= 0.3 is 5.97 Å². The van der Waals surface area contributed by atoms with Crippen LogP contribution in [0.1, 0.15) is 20.1 Å². The van der Waals surface area contributed by atoms with Gasteiger partial charge in [-0.2, -0.15) is 4.98 Å². The fourth-order valence-electron chi connectivity index (χ4n) is 2.06. The van der Waals surface area contributed by atoms with E-state index in [0.29, 0.717) is 11.2 Å². The van der Waals surface area contributed by atoms with Crippen LogP contribution in [0.25, 0.3) is 11.2 Å². The number of carbonyl (C=O) groups is 1. The summed E-state index contributed by atoms with van der Waals surface area (Å²) in [5.41, 5.74) is 0.873. The molecular formula is C13H14Cl2N4O4. The van der Waals surface area contributed by atoms with Crippen LogP contribution in [0.4, 0.5) is 0 Å². The molecule has 1 aliphatic heterocycles. The minimum absolute atomic E-state index is 0.0191. The van der Waals surface area contributed by atoms with Crippen molar-refractivity contribution in [1.29, 1.82) is 0 Å². The third-order valence-electron chi connectivity index (χ3n) is 3.23. The van der Waals surface area contributed by atoms with Gasteiger partial charge in [-0.25, -0.2) is 9.97 Å². The van der Waals surface area contributed by atoms with Gasteiger partial charge in [-0.05, 0) is 11.6 Å². The van der Waals surface area contributed by atoms with E-state index in [1.54, 1.807) is 18.4 Å². The Morgan fingerprint density at radius 3 is 3.00 bits per heavy atom. The van der Waals surface area contributed by atoms with E-state index in [0.717, 1.165) is 0 Å². The second-order valence-corrected chi connectivity index (χ2v) is 5.94. The lowest BCUT2D eigenvalue weighted by Gasteiger charge is -2.13. The maximum atomic E-state index is 11.5. The minimum atomic E-state index is -0.645. The molecule has 2 atom stereocenters. The number of rotatable bonds is 4. The van der Waals surface area contributed by atoms with Crippen molar-refractivity contribution in [3.05, 3.63) is 16.8 Å². The van der Waals surface area contributed by atoms with E-state index in [4.69, 9.17) is 37.4 Å². The summed E-state index contributed by atoms with van der Waals surface area (Å²) in [7, 11) is 0. The molecule has 23 heavy (non-hydrogen) atoms. The molecule has 124 valence electrons. The monoisotopic (exact) mass is 360 g/mol. The molecule has 0 unspecified atom stereocenters. The van der Waals surface area contributed by atoms with Crippen LogP contribution in [-0.4, -0.2) is 45.0 Å². The molecule has 0 bridgehead atoms. The van der Waals surface area contributed by atoms with Gasteiger partial charge in [0.15, 0.2) is 23.3 Å². The molecule has 1 saturated heterocycles. The molecular weight excluding hydrogens is 347 g/mol. The highest BCUT2D eigenvalue weighted by Crippen LogP contribution is 2.27. The average molecular weight is 361 g/mol. The second kappa shape index (κ2) is 6.56. The fourth-order valence-corrected chi connectivity index (χ4v) is 2.48. The van der Waals surface area contributed by atoms with Crippen molar-refractivity contribution in [2.75, 3.05) is 13.2 Å². The van der Waals surface area contributed by atoms with Crippen molar-refractivity contribution in [1.82, 2.24) is 19.5 Å². The number of esters is 1. The van der Waals surface area contributed by atoms with E-state index in [1.807, 2.05) is 0 Å². The summed E-state index contributed by atoms with van der Waals surface area (Å²) in [6.07, 6.45) is 0.413. The summed E-state index contributed by atoms with van der Waals surface area (Å²) in [4.78, 5) is 23.6. The van der Waals surface area contributed by atoms with Crippen LogP contribution < -0.4 is 0 Å². The van der Waals surface area contributed by atoms with Crippen LogP contribution >= 0.6 is 23.2 Å². The Morgan fingerprint density at radius 2 is 2.26 bits per heavy atom. The molecule has 1 fully saturated rings. The number of imidazole rings is 1. The molecule has 3 rings (SSSR count). The largest absolute Gasteiger partial charge is 0.460 e. The molecule has 8 nitrogen and oxygen atoms in total. The second-order valence-electron chi connectivity index (χ2n) is 5.25. The zero-order chi connectivity index (χ0) is 16.6. The zero-order valence-corrected chi connectivity index (χ0v) is 13.9. The van der Waals surface area contributed by atoms with Crippen LogP contribution in [0.2, 0.25) is 10.4 Å². The normalized spacial score (nSPS) is 21.3. The van der Waals surface area contributed by atoms with Crippen molar-refractivity contribution in [3.63, 3.8) is 0 Å². The first kappa shape index (κ1) is 16.4. The topological polar surface area (TPSA) is 88.4 Å². The van der Waals surface area contributed by atoms with E-state index in [9.17, 15) is 4.79 Å². The quantitative estimate of drug-likeness (QED) is 0.469. The Hall–Kier alpha value is -1.48. The van der Waals surface area contributed by atoms with Gasteiger partial charge in [0.25, 0.3) is 0 Å². The first-order valence-corrected chi connectivity index (χ1v) is 7.70. The molecule has 0 saturated carbocycles. The Balaban J connectivity index is 1.71. The SMILES string of the molecule is CC(C)C(=O)OC[C@@H]1OC[C@H](n2cnc3c(Cl)nc(Cl)nc32)O1. The molecule has 2 aromatic heterocycles. The van der Waals surface area contributed by atoms with Crippen molar-refractivity contribution in [3.8, 4) is 0 Å². The summed E-state index contributed by atoms with van der Waals surface area (Å²) in [5.74, 6) is -0.509. The lowest BCUT2D eigenvalue weighted by Crippen LogP contribution is -2.22. The maximum absolute atomic E-state index is 11.5. The number of ether oxygens (including phenoxy) is 3. The highest BCUT2D eigenvalue weighted by Gasteiger charge is 2.30. The van der Waals surface area contributed by atoms with Crippen LogP contribution in [0.3, 0.4) is 0 Å². The van der Waals surface area contributed by atoms with Crippen molar-refractivity contribution < 1.29 is 19.0 Å². The van der Waals surface area contributed by atoms with Crippen LogP contribution in [-0.2, 0) is 19.0 Å². The van der Waals surface area contributed by atoms with Gasteiger partial charge in [-0.15, -0.1) is 0 Å². The van der Waals surface area contributed by atoms with Gasteiger partial charge < -0.3 is 14.2 Å². The minimum Gasteiger partial charge on any atom is -0.460 e. The summed E-state index contributed by atoms with van der Waals surface area (Å²) in [6.45, 7) is 3.80. The van der Waals surface area contributed by atoms with Gasteiger partial charge in [0.2, 0.25) is 5.28 Å². The van der Waals surface area contributed by atoms with Gasteiger partial charge in [-0.1, -0.05) is 25.4 Å². The van der Waals surface area contributed by atoms with E-state index >= 15 is 0 Å². The highest BCUT2D eigenvalue weighted by molar-refractivity contribution is 6.35. The Morgan fingerprint density at radius 1 is 1.48 bits per heavy atom. The first-order valence-electron chi connectivity index (χ1n) is 6.95. The number of halogens is 2. The number of fused-ring (bicyclic) bond motifs is 1. The van der Waals surface area contributed by atoms with E-state index in [1.165, 1.54) is 6.33 Å². The summed E-state index contributed by atoms with van der Waals surface area (Å²) in [6, 6.07) is 0. The van der Waals surface area contributed by atoms with Crippen molar-refractivity contribution in [2.24, 2.45) is 5.92 Å². The summed E-state index contributed by atoms with van der Waals surface area (Å²) >= 11 is 11.8. The average Bonchev–Trinajstić information content (AvgIpc) is 3.10. The predicted octanol–water partition coefficient (Wildman–Crippen LogP) is 2.20. The number of aromatic nitrogens is 4. The molecule has 0 N–H and O–H groups in total. The number of nitrogens with zero attached hydrogens (tertiary/aromatic N) is 4. The Bertz CT molecular complexity index is 736. The zero-order valence-electron chi connectivity index (χ0n) is 12.4. The fraction of sp³-hybridized carbons (Fsp3) is 0.538. The number of carbonyl (C=O) groups excluding carboxylic acids is 1.